The monoisotopic (exact) mass is 278 g/mol. The van der Waals surface area contributed by atoms with Gasteiger partial charge >= 0.3 is 0 Å². The van der Waals surface area contributed by atoms with Gasteiger partial charge in [0.25, 0.3) is 0 Å². The van der Waals surface area contributed by atoms with E-state index >= 15 is 0 Å². The fourth-order valence-corrected chi connectivity index (χ4v) is 3.62. The van der Waals surface area contributed by atoms with Gasteiger partial charge in [0.05, 0.1) is 6.54 Å². The molecule has 0 aliphatic heterocycles. The number of nitrogens with one attached hydrogen (secondary N) is 2. The topological polar surface area (TPSA) is 41.1 Å². The molecule has 1 saturated carbocycles. The van der Waals surface area contributed by atoms with Crippen LogP contribution in [0.2, 0.25) is 0 Å². The Morgan fingerprint density at radius 1 is 1.32 bits per heavy atom. The highest BCUT2D eigenvalue weighted by Crippen LogP contribution is 2.29. The van der Waals surface area contributed by atoms with Crippen LogP contribution < -0.4 is 10.6 Å². The van der Waals surface area contributed by atoms with E-state index in [1.807, 2.05) is 42.1 Å². The van der Waals surface area contributed by atoms with Gasteiger partial charge in [0.15, 0.2) is 0 Å². The molecule has 1 aromatic rings. The van der Waals surface area contributed by atoms with Crippen LogP contribution in [0, 0.1) is 0 Å². The first-order chi connectivity index (χ1) is 9.28. The van der Waals surface area contributed by atoms with E-state index in [9.17, 15) is 4.79 Å². The van der Waals surface area contributed by atoms with E-state index in [2.05, 4.69) is 17.6 Å². The molecule has 1 fully saturated rings. The molecule has 4 heteroatoms. The summed E-state index contributed by atoms with van der Waals surface area (Å²) < 4.78 is 0. The maximum absolute atomic E-state index is 11.9. The highest BCUT2D eigenvalue weighted by molar-refractivity contribution is 7.99. The summed E-state index contributed by atoms with van der Waals surface area (Å²) in [4.78, 5) is 11.9. The normalized spacial score (nSPS) is 22.2. The minimum Gasteiger partial charge on any atom is -0.376 e. The van der Waals surface area contributed by atoms with Gasteiger partial charge in [0, 0.05) is 17.0 Å². The zero-order valence-electron chi connectivity index (χ0n) is 11.4. The van der Waals surface area contributed by atoms with E-state index in [0.29, 0.717) is 12.6 Å². The Hall–Kier alpha value is -1.16. The van der Waals surface area contributed by atoms with E-state index in [-0.39, 0.29) is 5.91 Å². The Balaban J connectivity index is 1.68. The molecular weight excluding hydrogens is 256 g/mol. The molecule has 2 N–H and O–H groups in total. The first-order valence-corrected chi connectivity index (χ1v) is 8.02. The molecular formula is C15H22N2OS. The third-order valence-corrected chi connectivity index (χ3v) is 4.61. The average molecular weight is 278 g/mol. The van der Waals surface area contributed by atoms with Gasteiger partial charge in [0.2, 0.25) is 5.91 Å². The Morgan fingerprint density at radius 3 is 2.84 bits per heavy atom. The van der Waals surface area contributed by atoms with Crippen LogP contribution in [0.3, 0.4) is 0 Å². The second-order valence-electron chi connectivity index (χ2n) is 4.87. The van der Waals surface area contributed by atoms with Gasteiger partial charge in [0.1, 0.15) is 0 Å². The Labute approximate surface area is 119 Å². The quantitative estimate of drug-likeness (QED) is 0.840. The standard InChI is InChI=1S/C15H22N2OS/c1-2-19-14-9-8-13(10-14)17-15(18)11-16-12-6-4-3-5-7-12/h3-7,13-14,16H,2,8-11H2,1H3,(H,17,18). The molecule has 19 heavy (non-hydrogen) atoms. The fourth-order valence-electron chi connectivity index (χ4n) is 2.48. The lowest BCUT2D eigenvalue weighted by Gasteiger charge is -2.14. The maximum Gasteiger partial charge on any atom is 0.239 e. The van der Waals surface area contributed by atoms with E-state index in [1.165, 1.54) is 12.2 Å². The van der Waals surface area contributed by atoms with Crippen molar-refractivity contribution >= 4 is 23.4 Å². The molecule has 0 spiro atoms. The SMILES string of the molecule is CCSC1CCC(NC(=O)CNc2ccccc2)C1. The zero-order valence-corrected chi connectivity index (χ0v) is 12.2. The van der Waals surface area contributed by atoms with Crippen molar-refractivity contribution in [2.75, 3.05) is 17.6 Å². The molecule has 2 atom stereocenters. The first kappa shape index (κ1) is 14.3. The van der Waals surface area contributed by atoms with Crippen molar-refractivity contribution in [2.45, 2.75) is 37.5 Å². The van der Waals surface area contributed by atoms with Crippen molar-refractivity contribution in [3.63, 3.8) is 0 Å². The molecule has 0 saturated heterocycles. The van der Waals surface area contributed by atoms with Crippen LogP contribution in [-0.2, 0) is 4.79 Å². The number of hydrogen-bond donors (Lipinski definition) is 2. The summed E-state index contributed by atoms with van der Waals surface area (Å²) in [5.74, 6) is 1.26. The number of thioether (sulfide) groups is 1. The van der Waals surface area contributed by atoms with E-state index in [0.717, 1.165) is 23.8 Å². The Kier molecular flexibility index (Phi) is 5.58. The van der Waals surface area contributed by atoms with Crippen LogP contribution in [0.4, 0.5) is 5.69 Å². The van der Waals surface area contributed by atoms with Gasteiger partial charge in [-0.05, 0) is 37.1 Å². The summed E-state index contributed by atoms with van der Waals surface area (Å²) in [5, 5.41) is 6.99. The summed E-state index contributed by atoms with van der Waals surface area (Å²) in [7, 11) is 0. The number of amides is 1. The number of carbonyl (C=O) groups excluding carboxylic acids is 1. The highest BCUT2D eigenvalue weighted by Gasteiger charge is 2.25. The zero-order chi connectivity index (χ0) is 13.5. The van der Waals surface area contributed by atoms with Crippen molar-refractivity contribution in [2.24, 2.45) is 0 Å². The molecule has 0 heterocycles. The van der Waals surface area contributed by atoms with Crippen molar-refractivity contribution < 1.29 is 4.79 Å². The Morgan fingerprint density at radius 2 is 2.11 bits per heavy atom. The molecule has 1 aromatic carbocycles. The maximum atomic E-state index is 11.9. The van der Waals surface area contributed by atoms with Gasteiger partial charge in [-0.25, -0.2) is 0 Å². The van der Waals surface area contributed by atoms with E-state index in [1.54, 1.807) is 0 Å². The van der Waals surface area contributed by atoms with Crippen molar-refractivity contribution in [3.8, 4) is 0 Å². The Bertz CT molecular complexity index is 396. The van der Waals surface area contributed by atoms with Crippen molar-refractivity contribution in [3.05, 3.63) is 30.3 Å². The summed E-state index contributed by atoms with van der Waals surface area (Å²) in [6.45, 7) is 2.55. The molecule has 0 bridgehead atoms. The predicted molar refractivity (Wildman–Crippen MR) is 82.6 cm³/mol. The highest BCUT2D eigenvalue weighted by atomic mass is 32.2. The van der Waals surface area contributed by atoms with Gasteiger partial charge < -0.3 is 10.6 Å². The number of hydrogen-bond acceptors (Lipinski definition) is 3. The fraction of sp³-hybridized carbons (Fsp3) is 0.533. The lowest BCUT2D eigenvalue weighted by Crippen LogP contribution is -2.37. The van der Waals surface area contributed by atoms with E-state index in [4.69, 9.17) is 0 Å². The van der Waals surface area contributed by atoms with Gasteiger partial charge in [-0.2, -0.15) is 11.8 Å². The number of benzene rings is 1. The van der Waals surface area contributed by atoms with Crippen LogP contribution in [0.25, 0.3) is 0 Å². The molecule has 3 nitrogen and oxygen atoms in total. The minimum absolute atomic E-state index is 0.0935. The third kappa shape index (κ3) is 4.78. The molecule has 104 valence electrons. The molecule has 1 aliphatic carbocycles. The minimum atomic E-state index is 0.0935. The lowest BCUT2D eigenvalue weighted by molar-refractivity contribution is -0.120. The van der Waals surface area contributed by atoms with Crippen molar-refractivity contribution in [1.29, 1.82) is 0 Å². The van der Waals surface area contributed by atoms with Crippen LogP contribution in [0.1, 0.15) is 26.2 Å². The van der Waals surface area contributed by atoms with Gasteiger partial charge in [-0.3, -0.25) is 4.79 Å². The van der Waals surface area contributed by atoms with Crippen LogP contribution in [-0.4, -0.2) is 29.5 Å². The number of rotatable bonds is 6. The molecule has 0 aromatic heterocycles. The smallest absolute Gasteiger partial charge is 0.239 e. The number of carbonyl (C=O) groups is 1. The summed E-state index contributed by atoms with van der Waals surface area (Å²) in [6, 6.07) is 10.2. The van der Waals surface area contributed by atoms with Crippen LogP contribution in [0.5, 0.6) is 0 Å². The van der Waals surface area contributed by atoms with Gasteiger partial charge in [-0.15, -0.1) is 0 Å². The lowest BCUT2D eigenvalue weighted by atomic mass is 10.2. The largest absolute Gasteiger partial charge is 0.376 e. The second kappa shape index (κ2) is 7.43. The average Bonchev–Trinajstić information content (AvgIpc) is 2.85. The summed E-state index contributed by atoms with van der Waals surface area (Å²) in [5.41, 5.74) is 0.989. The molecule has 1 amide bonds. The molecule has 2 rings (SSSR count). The first-order valence-electron chi connectivity index (χ1n) is 6.98. The van der Waals surface area contributed by atoms with Crippen LogP contribution >= 0.6 is 11.8 Å². The van der Waals surface area contributed by atoms with Gasteiger partial charge in [-0.1, -0.05) is 25.1 Å². The summed E-state index contributed by atoms with van der Waals surface area (Å²) >= 11 is 2.01. The molecule has 1 aliphatic rings. The third-order valence-electron chi connectivity index (χ3n) is 3.38. The number of anilines is 1. The number of para-hydroxylation sites is 1. The van der Waals surface area contributed by atoms with Crippen molar-refractivity contribution in [1.82, 2.24) is 5.32 Å². The predicted octanol–water partition coefficient (Wildman–Crippen LogP) is 2.89. The summed E-state index contributed by atoms with van der Waals surface area (Å²) in [6.07, 6.45) is 3.47. The van der Waals surface area contributed by atoms with Crippen LogP contribution in [0.15, 0.2) is 30.3 Å². The molecule has 2 unspecified atom stereocenters. The second-order valence-corrected chi connectivity index (χ2v) is 6.45. The van der Waals surface area contributed by atoms with E-state index < -0.39 is 0 Å². The molecule has 0 radical (unpaired) electrons.